The molecule has 0 unspecified atom stereocenters. The van der Waals surface area contributed by atoms with E-state index in [9.17, 15) is 9.59 Å². The van der Waals surface area contributed by atoms with Crippen molar-refractivity contribution in [2.75, 3.05) is 6.79 Å². The number of fused-ring (bicyclic) bond motifs is 2. The molecule has 0 atom stereocenters. The van der Waals surface area contributed by atoms with Crippen molar-refractivity contribution in [3.05, 3.63) is 34.2 Å². The normalized spacial score (nSPS) is 17.7. The monoisotopic (exact) mass is 343 g/mol. The third-order valence-corrected chi connectivity index (χ3v) is 4.69. The number of hydrogen-bond acceptors (Lipinski definition) is 7. The lowest BCUT2D eigenvalue weighted by Gasteiger charge is -2.22. The number of oxime groups is 1. The Labute approximate surface area is 143 Å². The van der Waals surface area contributed by atoms with Gasteiger partial charge in [0, 0.05) is 17.4 Å². The van der Waals surface area contributed by atoms with Crippen LogP contribution in [0.2, 0.25) is 0 Å². The summed E-state index contributed by atoms with van der Waals surface area (Å²) in [4.78, 5) is 27.7. The summed E-state index contributed by atoms with van der Waals surface area (Å²) in [7, 11) is 0. The molecule has 0 saturated heterocycles. The smallest absolute Gasteiger partial charge is 0.345 e. The summed E-state index contributed by atoms with van der Waals surface area (Å²) in [6, 6.07) is 5.12. The predicted molar refractivity (Wildman–Crippen MR) is 88.9 cm³/mol. The van der Waals surface area contributed by atoms with Gasteiger partial charge in [-0.1, -0.05) is 24.4 Å². The number of hydrogen-bond donors (Lipinski definition) is 0. The Balaban J connectivity index is 1.81. The van der Waals surface area contributed by atoms with Gasteiger partial charge in [-0.2, -0.15) is 0 Å². The summed E-state index contributed by atoms with van der Waals surface area (Å²) in [5.74, 6) is 1.23. The van der Waals surface area contributed by atoms with E-state index in [4.69, 9.17) is 13.9 Å². The molecular formula is C18H17NO6. The van der Waals surface area contributed by atoms with Gasteiger partial charge >= 0.3 is 12.1 Å². The van der Waals surface area contributed by atoms with Gasteiger partial charge < -0.3 is 18.7 Å². The number of rotatable bonds is 4. The third-order valence-electron chi connectivity index (χ3n) is 4.69. The first-order chi connectivity index (χ1) is 12.3. The first kappa shape index (κ1) is 15.7. The van der Waals surface area contributed by atoms with E-state index in [-0.39, 0.29) is 19.2 Å². The quantitative estimate of drug-likeness (QED) is 0.279. The third kappa shape index (κ3) is 2.97. The largest absolute Gasteiger partial charge is 0.454 e. The van der Waals surface area contributed by atoms with Crippen molar-refractivity contribution < 1.29 is 23.5 Å². The summed E-state index contributed by atoms with van der Waals surface area (Å²) in [5.41, 5.74) is 0.697. The van der Waals surface area contributed by atoms with Crippen LogP contribution >= 0.6 is 0 Å². The van der Waals surface area contributed by atoms with Crippen molar-refractivity contribution in [2.45, 2.75) is 32.1 Å². The fourth-order valence-corrected chi connectivity index (χ4v) is 3.49. The highest BCUT2D eigenvalue weighted by atomic mass is 16.7. The van der Waals surface area contributed by atoms with Crippen LogP contribution in [0.4, 0.5) is 0 Å². The lowest BCUT2D eigenvalue weighted by Crippen LogP contribution is -2.25. The van der Waals surface area contributed by atoms with Crippen molar-refractivity contribution in [3.8, 4) is 11.5 Å². The van der Waals surface area contributed by atoms with Crippen LogP contribution in [0.5, 0.6) is 11.5 Å². The zero-order chi connectivity index (χ0) is 17.2. The summed E-state index contributed by atoms with van der Waals surface area (Å²) in [5, 5.41) is 4.61. The van der Waals surface area contributed by atoms with Crippen molar-refractivity contribution in [1.82, 2.24) is 0 Å². The maximum Gasteiger partial charge on any atom is 0.345 e. The van der Waals surface area contributed by atoms with Gasteiger partial charge in [0.25, 0.3) is 0 Å². The average molecular weight is 343 g/mol. The molecule has 4 rings (SSSR count). The molecule has 1 aliphatic heterocycles. The molecule has 130 valence electrons. The molecule has 1 fully saturated rings. The van der Waals surface area contributed by atoms with E-state index in [0.29, 0.717) is 33.7 Å². The second-order valence-electron chi connectivity index (χ2n) is 6.20. The number of carbonyl (C=O) groups is 1. The van der Waals surface area contributed by atoms with Crippen molar-refractivity contribution in [3.63, 3.8) is 0 Å². The summed E-state index contributed by atoms with van der Waals surface area (Å²) < 4.78 is 16.1. The fourth-order valence-electron chi connectivity index (χ4n) is 3.49. The summed E-state index contributed by atoms with van der Waals surface area (Å²) >= 11 is 0. The van der Waals surface area contributed by atoms with E-state index in [0.717, 1.165) is 32.1 Å². The SMILES string of the molecule is O=CO/N=C(/c1cc2cc3c(cc2oc1=O)OCO3)C1CCCCC1. The molecule has 7 nitrogen and oxygen atoms in total. The lowest BCUT2D eigenvalue weighted by molar-refractivity contribution is -0.128. The minimum absolute atomic E-state index is 0.0723. The fraction of sp³-hybridized carbons (Fsp3) is 0.389. The lowest BCUT2D eigenvalue weighted by atomic mass is 9.83. The van der Waals surface area contributed by atoms with Crippen LogP contribution in [-0.4, -0.2) is 19.0 Å². The molecule has 25 heavy (non-hydrogen) atoms. The van der Waals surface area contributed by atoms with E-state index in [1.54, 1.807) is 18.2 Å². The Morgan fingerprint density at radius 3 is 2.64 bits per heavy atom. The van der Waals surface area contributed by atoms with Gasteiger partial charge in [0.15, 0.2) is 11.5 Å². The number of carbonyl (C=O) groups excluding carboxylic acids is 1. The van der Waals surface area contributed by atoms with E-state index >= 15 is 0 Å². The zero-order valence-corrected chi connectivity index (χ0v) is 13.5. The maximum atomic E-state index is 12.5. The van der Waals surface area contributed by atoms with Crippen LogP contribution in [0.15, 0.2) is 32.6 Å². The van der Waals surface area contributed by atoms with Crippen molar-refractivity contribution >= 4 is 23.2 Å². The molecule has 0 N–H and O–H groups in total. The Bertz CT molecular complexity index is 894. The van der Waals surface area contributed by atoms with Gasteiger partial charge in [-0.3, -0.25) is 4.79 Å². The van der Waals surface area contributed by atoms with Crippen LogP contribution in [0, 0.1) is 5.92 Å². The van der Waals surface area contributed by atoms with E-state index in [1.165, 1.54) is 0 Å². The topological polar surface area (TPSA) is 87.3 Å². The molecule has 0 spiro atoms. The number of benzene rings is 1. The van der Waals surface area contributed by atoms with E-state index in [1.807, 2.05) is 0 Å². The molecule has 0 radical (unpaired) electrons. The van der Waals surface area contributed by atoms with E-state index < -0.39 is 5.63 Å². The van der Waals surface area contributed by atoms with Gasteiger partial charge in [0.1, 0.15) is 5.58 Å². The van der Waals surface area contributed by atoms with Crippen LogP contribution in [-0.2, 0) is 9.63 Å². The van der Waals surface area contributed by atoms with Crippen LogP contribution in [0.1, 0.15) is 37.7 Å². The Morgan fingerprint density at radius 2 is 1.88 bits per heavy atom. The second kappa shape index (κ2) is 6.58. The molecule has 7 heteroatoms. The summed E-state index contributed by atoms with van der Waals surface area (Å²) in [6.45, 7) is 0.397. The standard InChI is InChI=1S/C18H17NO6/c20-9-24-19-17(11-4-2-1-3-5-11)13-6-12-7-15-16(23-10-22-15)8-14(12)25-18(13)21/h6-9,11H,1-5,10H2/b19-17+. The number of ether oxygens (including phenoxy) is 2. The molecule has 0 amide bonds. The first-order valence-corrected chi connectivity index (χ1v) is 8.31. The van der Waals surface area contributed by atoms with Crippen LogP contribution in [0.25, 0.3) is 11.0 Å². The van der Waals surface area contributed by atoms with Crippen LogP contribution in [0.3, 0.4) is 0 Å². The molecular weight excluding hydrogens is 326 g/mol. The Hall–Kier alpha value is -2.83. The molecule has 2 heterocycles. The van der Waals surface area contributed by atoms with Gasteiger partial charge in [0.2, 0.25) is 6.79 Å². The molecule has 2 aliphatic rings. The molecule has 1 aromatic carbocycles. The second-order valence-corrected chi connectivity index (χ2v) is 6.20. The van der Waals surface area contributed by atoms with Crippen molar-refractivity contribution in [1.29, 1.82) is 0 Å². The molecule has 1 saturated carbocycles. The molecule has 1 aliphatic carbocycles. The maximum absolute atomic E-state index is 12.5. The van der Waals surface area contributed by atoms with Gasteiger partial charge in [0.05, 0.1) is 11.3 Å². The summed E-state index contributed by atoms with van der Waals surface area (Å²) in [6.07, 6.45) is 5.08. The minimum atomic E-state index is -0.509. The minimum Gasteiger partial charge on any atom is -0.454 e. The molecule has 2 aromatic rings. The van der Waals surface area contributed by atoms with Gasteiger partial charge in [-0.15, -0.1) is 0 Å². The first-order valence-electron chi connectivity index (χ1n) is 8.31. The van der Waals surface area contributed by atoms with Crippen molar-refractivity contribution in [2.24, 2.45) is 11.1 Å². The highest BCUT2D eigenvalue weighted by Crippen LogP contribution is 2.36. The van der Waals surface area contributed by atoms with Crippen LogP contribution < -0.4 is 15.1 Å². The van der Waals surface area contributed by atoms with Gasteiger partial charge in [-0.25, -0.2) is 4.79 Å². The highest BCUT2D eigenvalue weighted by Gasteiger charge is 2.25. The van der Waals surface area contributed by atoms with E-state index in [2.05, 4.69) is 9.99 Å². The molecule has 0 bridgehead atoms. The molecule has 1 aromatic heterocycles. The Morgan fingerprint density at radius 1 is 1.12 bits per heavy atom. The average Bonchev–Trinajstić information content (AvgIpc) is 3.08. The number of nitrogens with zero attached hydrogens (tertiary/aromatic N) is 1. The zero-order valence-electron chi connectivity index (χ0n) is 13.5. The Kier molecular flexibility index (Phi) is 4.13. The predicted octanol–water partition coefficient (Wildman–Crippen LogP) is 2.98. The highest BCUT2D eigenvalue weighted by molar-refractivity contribution is 6.03. The van der Waals surface area contributed by atoms with Gasteiger partial charge in [-0.05, 0) is 25.0 Å².